The summed E-state index contributed by atoms with van der Waals surface area (Å²) in [5, 5.41) is 5.90. The highest BCUT2D eigenvalue weighted by molar-refractivity contribution is 6.33. The number of carbonyl (C=O) groups excluding carboxylic acids is 1. The summed E-state index contributed by atoms with van der Waals surface area (Å²) < 4.78 is 0. The van der Waals surface area contributed by atoms with Crippen LogP contribution in [0.2, 0.25) is 5.02 Å². The summed E-state index contributed by atoms with van der Waals surface area (Å²) in [7, 11) is 0. The maximum absolute atomic E-state index is 11.8. The number of para-hydroxylation sites is 1. The molecule has 5 heteroatoms. The lowest BCUT2D eigenvalue weighted by Gasteiger charge is -2.09. The van der Waals surface area contributed by atoms with Crippen LogP contribution >= 0.6 is 11.6 Å². The fraction of sp³-hybridized carbons (Fsp3) is 0.0714. The molecule has 2 amide bonds. The van der Waals surface area contributed by atoms with Gasteiger partial charge in [0.05, 0.1) is 10.7 Å². The SMILES string of the molecule is NCc1ccc(NC(=O)Nc2ccccc2Cl)cc1. The molecule has 0 spiro atoms. The summed E-state index contributed by atoms with van der Waals surface area (Å²) in [5.74, 6) is 0. The number of nitrogens with two attached hydrogens (primary N) is 1. The predicted molar refractivity (Wildman–Crippen MR) is 78.4 cm³/mol. The second-order valence-electron chi connectivity index (χ2n) is 3.96. The molecule has 0 bridgehead atoms. The third-order valence-corrected chi connectivity index (χ3v) is 2.90. The molecule has 2 aromatic carbocycles. The predicted octanol–water partition coefficient (Wildman–Crippen LogP) is 3.44. The van der Waals surface area contributed by atoms with Crippen LogP contribution in [0.15, 0.2) is 48.5 Å². The number of urea groups is 1. The zero-order valence-corrected chi connectivity index (χ0v) is 10.9. The fourth-order valence-corrected chi connectivity index (χ4v) is 1.75. The first-order chi connectivity index (χ1) is 9.19. The Labute approximate surface area is 116 Å². The number of carbonyl (C=O) groups is 1. The Balaban J connectivity index is 1.99. The number of nitrogens with one attached hydrogen (secondary N) is 2. The van der Waals surface area contributed by atoms with Crippen LogP contribution in [0, 0.1) is 0 Å². The summed E-state index contributed by atoms with van der Waals surface area (Å²) in [6.45, 7) is 0.478. The molecule has 0 saturated heterocycles. The van der Waals surface area contributed by atoms with E-state index in [1.807, 2.05) is 12.1 Å². The second-order valence-corrected chi connectivity index (χ2v) is 4.37. The zero-order chi connectivity index (χ0) is 13.7. The molecule has 0 aliphatic carbocycles. The molecule has 0 atom stereocenters. The van der Waals surface area contributed by atoms with Crippen LogP contribution in [0.1, 0.15) is 5.56 Å². The summed E-state index contributed by atoms with van der Waals surface area (Å²) in [6.07, 6.45) is 0. The monoisotopic (exact) mass is 275 g/mol. The first-order valence-electron chi connectivity index (χ1n) is 5.80. The van der Waals surface area contributed by atoms with Crippen LogP contribution in [0.25, 0.3) is 0 Å². The zero-order valence-electron chi connectivity index (χ0n) is 10.2. The van der Waals surface area contributed by atoms with Crippen LogP contribution in [-0.2, 0) is 6.54 Å². The molecule has 0 aliphatic heterocycles. The van der Waals surface area contributed by atoms with Crippen LogP contribution in [-0.4, -0.2) is 6.03 Å². The summed E-state index contributed by atoms with van der Waals surface area (Å²) in [4.78, 5) is 11.8. The molecule has 0 heterocycles. The summed E-state index contributed by atoms with van der Waals surface area (Å²) in [6, 6.07) is 14.0. The van der Waals surface area contributed by atoms with Crippen molar-refractivity contribution in [3.8, 4) is 0 Å². The smallest absolute Gasteiger partial charge is 0.323 e. The second kappa shape index (κ2) is 6.22. The Morgan fingerprint density at radius 3 is 2.37 bits per heavy atom. The van der Waals surface area contributed by atoms with Gasteiger partial charge < -0.3 is 16.4 Å². The summed E-state index contributed by atoms with van der Waals surface area (Å²) in [5.41, 5.74) is 7.78. The minimum absolute atomic E-state index is 0.339. The molecule has 4 nitrogen and oxygen atoms in total. The maximum Gasteiger partial charge on any atom is 0.323 e. The van der Waals surface area contributed by atoms with E-state index in [0.717, 1.165) is 5.56 Å². The molecule has 0 fully saturated rings. The Hall–Kier alpha value is -2.04. The van der Waals surface area contributed by atoms with E-state index in [-0.39, 0.29) is 6.03 Å². The van der Waals surface area contributed by atoms with Crippen LogP contribution in [0.4, 0.5) is 16.2 Å². The average molecular weight is 276 g/mol. The van der Waals surface area contributed by atoms with Crippen LogP contribution < -0.4 is 16.4 Å². The minimum atomic E-state index is -0.339. The van der Waals surface area contributed by atoms with E-state index in [2.05, 4.69) is 10.6 Å². The van der Waals surface area contributed by atoms with Gasteiger partial charge in [0, 0.05) is 12.2 Å². The van der Waals surface area contributed by atoms with Gasteiger partial charge >= 0.3 is 6.03 Å². The van der Waals surface area contributed by atoms with Crippen molar-refractivity contribution in [3.63, 3.8) is 0 Å². The molecular weight excluding hydrogens is 262 g/mol. The van der Waals surface area contributed by atoms with Crippen molar-refractivity contribution in [2.75, 3.05) is 10.6 Å². The normalized spacial score (nSPS) is 10.0. The molecule has 0 unspecified atom stereocenters. The molecule has 98 valence electrons. The molecule has 2 aromatic rings. The Morgan fingerprint density at radius 1 is 1.05 bits per heavy atom. The largest absolute Gasteiger partial charge is 0.326 e. The van der Waals surface area contributed by atoms with E-state index in [9.17, 15) is 4.79 Å². The van der Waals surface area contributed by atoms with Gasteiger partial charge in [0.25, 0.3) is 0 Å². The minimum Gasteiger partial charge on any atom is -0.326 e. The van der Waals surface area contributed by atoms with Crippen molar-refractivity contribution in [1.29, 1.82) is 0 Å². The van der Waals surface area contributed by atoms with E-state index in [0.29, 0.717) is 22.9 Å². The van der Waals surface area contributed by atoms with Gasteiger partial charge in [0.15, 0.2) is 0 Å². The van der Waals surface area contributed by atoms with Gasteiger partial charge in [-0.1, -0.05) is 35.9 Å². The standard InChI is InChI=1S/C14H14ClN3O/c15-12-3-1-2-4-13(12)18-14(19)17-11-7-5-10(9-16)6-8-11/h1-8H,9,16H2,(H2,17,18,19). The topological polar surface area (TPSA) is 67.1 Å². The molecule has 19 heavy (non-hydrogen) atoms. The van der Waals surface area contributed by atoms with Crippen molar-refractivity contribution < 1.29 is 4.79 Å². The Kier molecular flexibility index (Phi) is 4.39. The Morgan fingerprint density at radius 2 is 1.74 bits per heavy atom. The van der Waals surface area contributed by atoms with Gasteiger partial charge in [-0.2, -0.15) is 0 Å². The fourth-order valence-electron chi connectivity index (χ4n) is 1.57. The third kappa shape index (κ3) is 3.71. The van der Waals surface area contributed by atoms with Gasteiger partial charge in [-0.25, -0.2) is 4.79 Å². The molecule has 0 aromatic heterocycles. The lowest BCUT2D eigenvalue weighted by Crippen LogP contribution is -2.19. The molecule has 2 rings (SSSR count). The van der Waals surface area contributed by atoms with Crippen molar-refractivity contribution in [2.45, 2.75) is 6.54 Å². The highest BCUT2D eigenvalue weighted by Crippen LogP contribution is 2.20. The highest BCUT2D eigenvalue weighted by atomic mass is 35.5. The van der Waals surface area contributed by atoms with Gasteiger partial charge in [-0.3, -0.25) is 0 Å². The van der Waals surface area contributed by atoms with E-state index < -0.39 is 0 Å². The maximum atomic E-state index is 11.8. The number of rotatable bonds is 3. The number of benzene rings is 2. The Bertz CT molecular complexity index is 569. The molecule has 4 N–H and O–H groups in total. The van der Waals surface area contributed by atoms with Crippen molar-refractivity contribution in [2.24, 2.45) is 5.73 Å². The number of hydrogen-bond donors (Lipinski definition) is 3. The van der Waals surface area contributed by atoms with E-state index in [4.69, 9.17) is 17.3 Å². The van der Waals surface area contributed by atoms with E-state index in [1.54, 1.807) is 36.4 Å². The molecule has 0 saturated carbocycles. The van der Waals surface area contributed by atoms with Crippen LogP contribution in [0.5, 0.6) is 0 Å². The quantitative estimate of drug-likeness (QED) is 0.803. The van der Waals surface area contributed by atoms with E-state index in [1.165, 1.54) is 0 Å². The lowest BCUT2D eigenvalue weighted by atomic mass is 10.2. The number of anilines is 2. The molecule has 0 radical (unpaired) electrons. The first-order valence-corrected chi connectivity index (χ1v) is 6.18. The summed E-state index contributed by atoms with van der Waals surface area (Å²) >= 11 is 5.95. The highest BCUT2D eigenvalue weighted by Gasteiger charge is 2.05. The van der Waals surface area contributed by atoms with Gasteiger partial charge in [-0.05, 0) is 29.8 Å². The molecule has 0 aliphatic rings. The van der Waals surface area contributed by atoms with Crippen molar-refractivity contribution >= 4 is 29.0 Å². The van der Waals surface area contributed by atoms with Gasteiger partial charge in [0.1, 0.15) is 0 Å². The third-order valence-electron chi connectivity index (χ3n) is 2.57. The number of hydrogen-bond acceptors (Lipinski definition) is 2. The number of halogens is 1. The lowest BCUT2D eigenvalue weighted by molar-refractivity contribution is 0.262. The van der Waals surface area contributed by atoms with Crippen molar-refractivity contribution in [1.82, 2.24) is 0 Å². The number of amides is 2. The molecular formula is C14H14ClN3O. The van der Waals surface area contributed by atoms with Crippen molar-refractivity contribution in [3.05, 3.63) is 59.1 Å². The average Bonchev–Trinajstić information content (AvgIpc) is 2.42. The van der Waals surface area contributed by atoms with Crippen LogP contribution in [0.3, 0.4) is 0 Å². The van der Waals surface area contributed by atoms with Gasteiger partial charge in [0.2, 0.25) is 0 Å². The van der Waals surface area contributed by atoms with E-state index >= 15 is 0 Å². The first kappa shape index (κ1) is 13.4. The van der Waals surface area contributed by atoms with Gasteiger partial charge in [-0.15, -0.1) is 0 Å².